The van der Waals surface area contributed by atoms with Crippen LogP contribution in [0.4, 0.5) is 4.39 Å². The van der Waals surface area contributed by atoms with E-state index in [1.807, 2.05) is 30.3 Å². The van der Waals surface area contributed by atoms with Crippen molar-refractivity contribution < 1.29 is 22.7 Å². The van der Waals surface area contributed by atoms with Crippen molar-refractivity contribution >= 4 is 8.56 Å². The first-order valence-electron chi connectivity index (χ1n) is 10.3. The topological polar surface area (TPSA) is 85.7 Å². The summed E-state index contributed by atoms with van der Waals surface area (Å²) in [6, 6.07) is 8.56. The van der Waals surface area contributed by atoms with E-state index in [1.54, 1.807) is 0 Å². The molecule has 0 aromatic heterocycles. The minimum atomic E-state index is -2.98. The van der Waals surface area contributed by atoms with Crippen LogP contribution in [0.1, 0.15) is 47.1 Å². The van der Waals surface area contributed by atoms with Crippen molar-refractivity contribution in [2.24, 2.45) is 5.11 Å². The first-order chi connectivity index (χ1) is 14.0. The summed E-state index contributed by atoms with van der Waals surface area (Å²) in [7, 11) is -2.98. The highest BCUT2D eigenvalue weighted by Gasteiger charge is 2.64. The van der Waals surface area contributed by atoms with E-state index >= 15 is 0 Å². The van der Waals surface area contributed by atoms with E-state index in [-0.39, 0.29) is 16.7 Å². The Hall–Kier alpha value is -1.48. The number of rotatable bonds is 4. The smallest absolute Gasteiger partial charge is 0.349 e. The molecule has 0 spiro atoms. The van der Waals surface area contributed by atoms with Gasteiger partial charge in [-0.3, -0.25) is 0 Å². The number of hydrogen-bond acceptors (Lipinski definition) is 5. The number of benzene rings is 1. The molecule has 0 radical (unpaired) electrons. The zero-order valence-electron chi connectivity index (χ0n) is 18.5. The van der Waals surface area contributed by atoms with Gasteiger partial charge in [-0.05, 0) is 11.1 Å². The van der Waals surface area contributed by atoms with Gasteiger partial charge in [-0.2, -0.15) is 0 Å². The third kappa shape index (κ3) is 4.28. The Balaban J connectivity index is 2.00. The summed E-state index contributed by atoms with van der Waals surface area (Å²) in [4.78, 5) is 2.86. The fraction of sp³-hybridized carbons (Fsp3) is 0.714. The summed E-state index contributed by atoms with van der Waals surface area (Å²) in [6.45, 7) is 13.0. The fourth-order valence-electron chi connectivity index (χ4n) is 4.63. The maximum absolute atomic E-state index is 14.9. The average molecular weight is 438 g/mol. The van der Waals surface area contributed by atoms with E-state index in [1.165, 1.54) is 0 Å². The van der Waals surface area contributed by atoms with Gasteiger partial charge in [-0.15, -0.1) is 0 Å². The van der Waals surface area contributed by atoms with Crippen LogP contribution in [0.15, 0.2) is 35.4 Å². The third-order valence-corrected chi connectivity index (χ3v) is 10.9. The van der Waals surface area contributed by atoms with Gasteiger partial charge in [0, 0.05) is 15.0 Å². The molecule has 9 heteroatoms. The number of halogens is 1. The van der Waals surface area contributed by atoms with Crippen LogP contribution in [-0.4, -0.2) is 45.9 Å². The molecule has 7 nitrogen and oxygen atoms in total. The van der Waals surface area contributed by atoms with Crippen LogP contribution < -0.4 is 0 Å². The predicted octanol–water partition coefficient (Wildman–Crippen LogP) is 5.40. The van der Waals surface area contributed by atoms with E-state index in [0.717, 1.165) is 5.56 Å². The molecular formula is C21H32FN3O4Si. The van der Waals surface area contributed by atoms with Crippen molar-refractivity contribution in [1.82, 2.24) is 0 Å². The SMILES string of the molecule is CC(C)(C)[Si]1(C(C)(C)C)OC[C@H]2O[C@H](F)[C@H](N=[N+]=[N-])[C@@H](O1)[C@H]2OCc1ccccc1. The van der Waals surface area contributed by atoms with E-state index in [0.29, 0.717) is 6.61 Å². The highest BCUT2D eigenvalue weighted by molar-refractivity contribution is 6.73. The molecule has 2 fully saturated rings. The van der Waals surface area contributed by atoms with Crippen molar-refractivity contribution in [3.63, 3.8) is 0 Å². The number of azide groups is 1. The van der Waals surface area contributed by atoms with Crippen LogP contribution in [-0.2, 0) is 24.9 Å². The van der Waals surface area contributed by atoms with Crippen molar-refractivity contribution in [2.45, 2.75) is 88.9 Å². The van der Waals surface area contributed by atoms with Crippen LogP contribution in [0.25, 0.3) is 10.4 Å². The van der Waals surface area contributed by atoms with Gasteiger partial charge in [0.25, 0.3) is 0 Å². The maximum atomic E-state index is 14.9. The first-order valence-corrected chi connectivity index (χ1v) is 12.1. The van der Waals surface area contributed by atoms with Gasteiger partial charge >= 0.3 is 8.56 Å². The molecule has 0 N–H and O–H groups in total. The van der Waals surface area contributed by atoms with Gasteiger partial charge < -0.3 is 18.3 Å². The monoisotopic (exact) mass is 437 g/mol. The largest absolute Gasteiger partial charge is 0.391 e. The van der Waals surface area contributed by atoms with E-state index in [4.69, 9.17) is 23.9 Å². The van der Waals surface area contributed by atoms with Crippen LogP contribution in [0.3, 0.4) is 0 Å². The molecule has 5 atom stereocenters. The lowest BCUT2D eigenvalue weighted by atomic mass is 9.98. The van der Waals surface area contributed by atoms with Crippen molar-refractivity contribution in [3.05, 3.63) is 46.3 Å². The zero-order valence-corrected chi connectivity index (χ0v) is 19.5. The number of hydrogen-bond donors (Lipinski definition) is 0. The number of fused-ring (bicyclic) bond motifs is 2. The summed E-state index contributed by atoms with van der Waals surface area (Å²) in [5.74, 6) is 0. The summed E-state index contributed by atoms with van der Waals surface area (Å²) >= 11 is 0. The molecule has 3 rings (SSSR count). The van der Waals surface area contributed by atoms with Crippen molar-refractivity contribution in [2.75, 3.05) is 6.61 Å². The number of nitrogens with zero attached hydrogens (tertiary/aromatic N) is 3. The summed E-state index contributed by atoms with van der Waals surface area (Å²) < 4.78 is 39.9. The number of ether oxygens (including phenoxy) is 2. The Morgan fingerprint density at radius 3 is 2.37 bits per heavy atom. The number of alkyl halides is 1. The van der Waals surface area contributed by atoms with Gasteiger partial charge in [0.2, 0.25) is 6.36 Å². The molecule has 1 aromatic rings. The quantitative estimate of drug-likeness (QED) is 0.273. The molecule has 2 bridgehead atoms. The Kier molecular flexibility index (Phi) is 6.62. The van der Waals surface area contributed by atoms with Gasteiger partial charge in [0.15, 0.2) is 0 Å². The lowest BCUT2D eigenvalue weighted by Gasteiger charge is -2.50. The van der Waals surface area contributed by atoms with Gasteiger partial charge in [0.05, 0.1) is 19.3 Å². The summed E-state index contributed by atoms with van der Waals surface area (Å²) in [6.07, 6.45) is -3.85. The molecule has 0 aliphatic carbocycles. The molecule has 0 saturated carbocycles. The van der Waals surface area contributed by atoms with E-state index < -0.39 is 39.3 Å². The zero-order chi connectivity index (χ0) is 22.2. The highest BCUT2D eigenvalue weighted by Crippen LogP contribution is 2.55. The van der Waals surface area contributed by atoms with E-state index in [9.17, 15) is 4.39 Å². The summed E-state index contributed by atoms with van der Waals surface area (Å²) in [5, 5.41) is 3.06. The second-order valence-electron chi connectivity index (χ2n) is 9.99. The Bertz CT molecular complexity index is 763. The molecule has 166 valence electrons. The second-order valence-corrected chi connectivity index (χ2v) is 14.8. The standard InChI is InChI=1S/C21H32FN3O4Si/c1-20(2,3)30(21(4,5)6)27-13-15-17(26-12-14-10-8-7-9-11-14)18(29-30)16(24-25-23)19(22)28-15/h7-11,15-19H,12-13H2,1-6H3/t15-,16-,17+,18-,19+/m1/s1. The average Bonchev–Trinajstić information content (AvgIpc) is 2.78. The normalized spacial score (nSPS) is 31.5. The minimum absolute atomic E-state index is 0.167. The Morgan fingerprint density at radius 1 is 1.17 bits per heavy atom. The lowest BCUT2D eigenvalue weighted by molar-refractivity contribution is -0.223. The lowest BCUT2D eigenvalue weighted by Crippen LogP contribution is -2.62. The second kappa shape index (κ2) is 8.57. The minimum Gasteiger partial charge on any atom is -0.391 e. The van der Waals surface area contributed by atoms with Crippen LogP contribution in [0, 0.1) is 0 Å². The molecule has 1 aromatic carbocycles. The molecule has 2 heterocycles. The summed E-state index contributed by atoms with van der Waals surface area (Å²) in [5.41, 5.74) is 10.0. The molecule has 2 aliphatic rings. The van der Waals surface area contributed by atoms with Crippen LogP contribution >= 0.6 is 0 Å². The third-order valence-electron chi connectivity index (χ3n) is 5.80. The molecule has 0 amide bonds. The molecule has 30 heavy (non-hydrogen) atoms. The first kappa shape index (κ1) is 23.2. The molecular weight excluding hydrogens is 405 g/mol. The predicted molar refractivity (Wildman–Crippen MR) is 114 cm³/mol. The van der Waals surface area contributed by atoms with Crippen LogP contribution in [0.5, 0.6) is 0 Å². The molecule has 2 saturated heterocycles. The van der Waals surface area contributed by atoms with E-state index in [2.05, 4.69) is 51.6 Å². The molecule has 2 aliphatic heterocycles. The van der Waals surface area contributed by atoms with Crippen LogP contribution in [0.2, 0.25) is 10.1 Å². The fourth-order valence-corrected chi connectivity index (χ4v) is 9.58. The van der Waals surface area contributed by atoms with Crippen molar-refractivity contribution in [1.29, 1.82) is 0 Å². The van der Waals surface area contributed by atoms with Crippen molar-refractivity contribution in [3.8, 4) is 0 Å². The van der Waals surface area contributed by atoms with Gasteiger partial charge in [-0.25, -0.2) is 4.39 Å². The molecule has 0 unspecified atom stereocenters. The Morgan fingerprint density at radius 2 is 1.80 bits per heavy atom. The van der Waals surface area contributed by atoms with Gasteiger partial charge in [-0.1, -0.05) is 77.0 Å². The highest BCUT2D eigenvalue weighted by atomic mass is 28.4. The van der Waals surface area contributed by atoms with Gasteiger partial charge in [0.1, 0.15) is 18.2 Å². The maximum Gasteiger partial charge on any atom is 0.349 e. The Labute approximate surface area is 178 Å².